The Morgan fingerprint density at radius 1 is 1.19 bits per heavy atom. The molecule has 0 atom stereocenters. The minimum absolute atomic E-state index is 0.157. The Hall–Kier alpha value is -3.56. The normalized spacial score (nSPS) is 14.7. The van der Waals surface area contributed by atoms with E-state index in [4.69, 9.17) is 9.15 Å². The number of carbonyl (C=O) groups excluding carboxylic acids is 1. The number of amides is 1. The molecule has 0 bridgehead atoms. The molecule has 1 fully saturated rings. The summed E-state index contributed by atoms with van der Waals surface area (Å²) in [5, 5.41) is 8.34. The molecule has 4 heterocycles. The van der Waals surface area contributed by atoms with E-state index in [1.54, 1.807) is 23.1 Å². The summed E-state index contributed by atoms with van der Waals surface area (Å²) in [6, 6.07) is 11.5. The van der Waals surface area contributed by atoms with E-state index in [1.165, 1.54) is 0 Å². The van der Waals surface area contributed by atoms with Crippen molar-refractivity contribution in [2.75, 3.05) is 39.4 Å². The van der Waals surface area contributed by atoms with Crippen LogP contribution in [0.25, 0.3) is 28.4 Å². The van der Waals surface area contributed by atoms with E-state index < -0.39 is 0 Å². The van der Waals surface area contributed by atoms with Crippen molar-refractivity contribution in [1.29, 1.82) is 0 Å². The maximum absolute atomic E-state index is 12.7. The molecule has 3 aromatic heterocycles. The van der Waals surface area contributed by atoms with Crippen LogP contribution in [0, 0.1) is 6.92 Å². The first-order valence-corrected chi connectivity index (χ1v) is 10.6. The van der Waals surface area contributed by atoms with Gasteiger partial charge < -0.3 is 14.5 Å². The van der Waals surface area contributed by atoms with Gasteiger partial charge in [0.05, 0.1) is 30.7 Å². The Bertz CT molecular complexity index is 1210. The van der Waals surface area contributed by atoms with Crippen LogP contribution >= 0.6 is 0 Å². The zero-order valence-corrected chi connectivity index (χ0v) is 17.8. The second-order valence-corrected chi connectivity index (χ2v) is 7.66. The van der Waals surface area contributed by atoms with Gasteiger partial charge >= 0.3 is 0 Å². The van der Waals surface area contributed by atoms with Gasteiger partial charge in [-0.3, -0.25) is 9.69 Å². The van der Waals surface area contributed by atoms with Crippen molar-refractivity contribution in [2.45, 2.75) is 6.92 Å². The first-order valence-electron chi connectivity index (χ1n) is 10.6. The van der Waals surface area contributed by atoms with Crippen molar-refractivity contribution in [2.24, 2.45) is 0 Å². The molecule has 9 heteroatoms. The first-order chi connectivity index (χ1) is 15.7. The highest BCUT2D eigenvalue weighted by molar-refractivity contribution is 5.95. The van der Waals surface area contributed by atoms with Crippen LogP contribution < -0.4 is 5.32 Å². The number of hydrogen-bond donors (Lipinski definition) is 1. The molecule has 0 saturated carbocycles. The summed E-state index contributed by atoms with van der Waals surface area (Å²) in [4.78, 5) is 23.9. The second kappa shape index (κ2) is 8.89. The molecular formula is C23H24N6O3. The van der Waals surface area contributed by atoms with Crippen molar-refractivity contribution < 1.29 is 13.9 Å². The number of hydrogen-bond acceptors (Lipinski definition) is 7. The summed E-state index contributed by atoms with van der Waals surface area (Å²) in [6.07, 6.45) is 3.21. The van der Waals surface area contributed by atoms with Gasteiger partial charge in [-0.05, 0) is 25.1 Å². The average molecular weight is 432 g/mol. The van der Waals surface area contributed by atoms with Gasteiger partial charge in [-0.15, -0.1) is 0 Å². The minimum atomic E-state index is -0.157. The highest BCUT2D eigenvalue weighted by Crippen LogP contribution is 2.26. The van der Waals surface area contributed by atoms with Crippen molar-refractivity contribution in [3.05, 3.63) is 60.0 Å². The van der Waals surface area contributed by atoms with Gasteiger partial charge in [0.1, 0.15) is 11.3 Å². The molecule has 1 aliphatic rings. The van der Waals surface area contributed by atoms with Crippen LogP contribution in [-0.2, 0) is 4.74 Å². The van der Waals surface area contributed by atoms with Crippen molar-refractivity contribution in [3.63, 3.8) is 0 Å². The summed E-state index contributed by atoms with van der Waals surface area (Å²) in [6.45, 7) is 6.48. The quantitative estimate of drug-likeness (QED) is 0.500. The molecule has 9 nitrogen and oxygen atoms in total. The Morgan fingerprint density at radius 3 is 2.88 bits per heavy atom. The van der Waals surface area contributed by atoms with Gasteiger partial charge in [-0.25, -0.2) is 14.6 Å². The Balaban J connectivity index is 1.31. The third-order valence-corrected chi connectivity index (χ3v) is 5.58. The number of furan rings is 1. The minimum Gasteiger partial charge on any atom is -0.454 e. The Morgan fingerprint density at radius 2 is 2.03 bits per heavy atom. The number of nitrogens with zero attached hydrogens (tertiary/aromatic N) is 5. The molecule has 164 valence electrons. The van der Waals surface area contributed by atoms with Crippen LogP contribution in [-0.4, -0.2) is 69.9 Å². The molecule has 1 saturated heterocycles. The van der Waals surface area contributed by atoms with Crippen LogP contribution in [0.15, 0.2) is 53.2 Å². The summed E-state index contributed by atoms with van der Waals surface area (Å²) in [5.41, 5.74) is 2.63. The Kier molecular flexibility index (Phi) is 5.66. The van der Waals surface area contributed by atoms with E-state index in [0.29, 0.717) is 35.2 Å². The maximum Gasteiger partial charge on any atom is 0.254 e. The molecule has 1 N–H and O–H groups in total. The lowest BCUT2D eigenvalue weighted by atomic mass is 10.2. The summed E-state index contributed by atoms with van der Waals surface area (Å²) >= 11 is 0. The monoisotopic (exact) mass is 432 g/mol. The van der Waals surface area contributed by atoms with E-state index in [0.717, 1.165) is 43.8 Å². The SMILES string of the molecule is Cc1c(C(=O)NCCN2CCOCC2)cnn1-c1nccc(-c2cc3ccccc3o2)n1. The molecule has 1 aliphatic heterocycles. The van der Waals surface area contributed by atoms with Crippen LogP contribution in [0.4, 0.5) is 0 Å². The number of morpholine rings is 1. The maximum atomic E-state index is 12.7. The van der Waals surface area contributed by atoms with Crippen LogP contribution in [0.1, 0.15) is 16.1 Å². The predicted octanol–water partition coefficient (Wildman–Crippen LogP) is 2.45. The number of rotatable bonds is 6. The number of para-hydroxylation sites is 1. The molecule has 5 rings (SSSR count). The van der Waals surface area contributed by atoms with Crippen molar-refractivity contribution in [1.82, 2.24) is 30.0 Å². The average Bonchev–Trinajstić information content (AvgIpc) is 3.43. The highest BCUT2D eigenvalue weighted by atomic mass is 16.5. The van der Waals surface area contributed by atoms with Crippen LogP contribution in [0.2, 0.25) is 0 Å². The molecular weight excluding hydrogens is 408 g/mol. The molecule has 1 aromatic carbocycles. The second-order valence-electron chi connectivity index (χ2n) is 7.66. The number of carbonyl (C=O) groups is 1. The smallest absolute Gasteiger partial charge is 0.254 e. The van der Waals surface area contributed by atoms with Gasteiger partial charge in [0, 0.05) is 37.8 Å². The predicted molar refractivity (Wildman–Crippen MR) is 119 cm³/mol. The number of nitrogens with one attached hydrogen (secondary N) is 1. The lowest BCUT2D eigenvalue weighted by molar-refractivity contribution is 0.0383. The molecule has 32 heavy (non-hydrogen) atoms. The van der Waals surface area contributed by atoms with E-state index in [9.17, 15) is 4.79 Å². The number of fused-ring (bicyclic) bond motifs is 1. The number of ether oxygens (including phenoxy) is 1. The standard InChI is InChI=1S/C23H24N6O3/c1-16-18(22(30)24-8-9-28-10-12-31-13-11-28)15-26-29(16)23-25-7-6-19(27-23)21-14-17-4-2-3-5-20(17)32-21/h2-7,14-15H,8-13H2,1H3,(H,24,30). The topological polar surface area (TPSA) is 98.3 Å². The highest BCUT2D eigenvalue weighted by Gasteiger charge is 2.18. The van der Waals surface area contributed by atoms with Gasteiger partial charge in [0.2, 0.25) is 0 Å². The lowest BCUT2D eigenvalue weighted by Crippen LogP contribution is -2.41. The van der Waals surface area contributed by atoms with Crippen LogP contribution in [0.5, 0.6) is 0 Å². The molecule has 0 aliphatic carbocycles. The zero-order chi connectivity index (χ0) is 21.9. The van der Waals surface area contributed by atoms with Gasteiger partial charge in [0.15, 0.2) is 5.76 Å². The molecule has 4 aromatic rings. The fourth-order valence-corrected chi connectivity index (χ4v) is 3.78. The number of aromatic nitrogens is 4. The van der Waals surface area contributed by atoms with E-state index in [1.807, 2.05) is 37.3 Å². The fourth-order valence-electron chi connectivity index (χ4n) is 3.78. The number of benzene rings is 1. The van der Waals surface area contributed by atoms with Gasteiger partial charge in [-0.1, -0.05) is 18.2 Å². The molecule has 0 radical (unpaired) electrons. The first kappa shape index (κ1) is 20.3. The lowest BCUT2D eigenvalue weighted by Gasteiger charge is -2.26. The van der Waals surface area contributed by atoms with E-state index >= 15 is 0 Å². The van der Waals surface area contributed by atoms with Crippen LogP contribution in [0.3, 0.4) is 0 Å². The van der Waals surface area contributed by atoms with Crippen molar-refractivity contribution in [3.8, 4) is 17.4 Å². The Labute approximate surface area is 185 Å². The van der Waals surface area contributed by atoms with Gasteiger partial charge in [0.25, 0.3) is 11.9 Å². The molecule has 0 unspecified atom stereocenters. The van der Waals surface area contributed by atoms with Crippen molar-refractivity contribution >= 4 is 16.9 Å². The third-order valence-electron chi connectivity index (χ3n) is 5.58. The van der Waals surface area contributed by atoms with E-state index in [-0.39, 0.29) is 5.91 Å². The largest absolute Gasteiger partial charge is 0.454 e. The van der Waals surface area contributed by atoms with E-state index in [2.05, 4.69) is 25.3 Å². The zero-order valence-electron chi connectivity index (χ0n) is 17.8. The fraction of sp³-hybridized carbons (Fsp3) is 0.304. The summed E-state index contributed by atoms with van der Waals surface area (Å²) in [7, 11) is 0. The third kappa shape index (κ3) is 4.12. The van der Waals surface area contributed by atoms with Gasteiger partial charge in [-0.2, -0.15) is 5.10 Å². The summed E-state index contributed by atoms with van der Waals surface area (Å²) < 4.78 is 12.8. The molecule has 0 spiro atoms. The summed E-state index contributed by atoms with van der Waals surface area (Å²) in [5.74, 6) is 0.879. The molecule has 1 amide bonds.